The minimum Gasteiger partial charge on any atom is -0.352 e. The molecular weight excluding hydrogens is 406 g/mol. The smallest absolute Gasteiger partial charge is 0.226 e. The molecule has 1 amide bonds. The van der Waals surface area contributed by atoms with Gasteiger partial charge in [-0.1, -0.05) is 51.3 Å². The average molecular weight is 445 g/mol. The van der Waals surface area contributed by atoms with Crippen LogP contribution in [0, 0.1) is 10.8 Å². The summed E-state index contributed by atoms with van der Waals surface area (Å²) in [5.74, 6) is -0.547. The molecule has 1 aliphatic heterocycles. The lowest BCUT2D eigenvalue weighted by Gasteiger charge is -2.38. The number of nitrogens with one attached hydrogen (secondary N) is 1. The molecule has 0 atom stereocenters. The van der Waals surface area contributed by atoms with Crippen molar-refractivity contribution in [3.63, 3.8) is 0 Å². The van der Waals surface area contributed by atoms with Crippen molar-refractivity contribution in [2.45, 2.75) is 84.7 Å². The van der Waals surface area contributed by atoms with Crippen molar-refractivity contribution in [1.29, 1.82) is 0 Å². The first kappa shape index (κ1) is 25.3. The number of alkyl halides is 1. The van der Waals surface area contributed by atoms with Gasteiger partial charge in [0.1, 0.15) is 11.5 Å². The highest BCUT2D eigenvalue weighted by atomic mass is 35.5. The van der Waals surface area contributed by atoms with Gasteiger partial charge in [-0.3, -0.25) is 4.79 Å². The van der Waals surface area contributed by atoms with E-state index in [-0.39, 0.29) is 17.9 Å². The Morgan fingerprint density at radius 3 is 2.30 bits per heavy atom. The standard InChI is InChI=1S/C24H39ClF2N2O/c1-5-20(26)16-19(25)17-23(8-6-7-9-23)21(30)28-18-24(27)11-14-29(15-12-24)13-10-22(2,3)4/h5,16H,6-15,17-18H2,1-4H3,(H,28,30)/b19-16+,20-5+. The molecule has 1 heterocycles. The van der Waals surface area contributed by atoms with Crippen LogP contribution in [0.3, 0.4) is 0 Å². The van der Waals surface area contributed by atoms with Crippen molar-refractivity contribution in [2.24, 2.45) is 10.8 Å². The quantitative estimate of drug-likeness (QED) is 0.446. The topological polar surface area (TPSA) is 32.3 Å². The van der Waals surface area contributed by atoms with Gasteiger partial charge in [0.2, 0.25) is 5.91 Å². The van der Waals surface area contributed by atoms with Crippen molar-refractivity contribution in [3.8, 4) is 0 Å². The second-order valence-electron chi connectivity index (χ2n) is 10.4. The summed E-state index contributed by atoms with van der Waals surface area (Å²) >= 11 is 6.24. The summed E-state index contributed by atoms with van der Waals surface area (Å²) in [6, 6.07) is 0. The third-order valence-electron chi connectivity index (χ3n) is 6.62. The first-order chi connectivity index (χ1) is 14.0. The lowest BCUT2D eigenvalue weighted by Crippen LogP contribution is -2.51. The molecule has 1 saturated carbocycles. The van der Waals surface area contributed by atoms with Gasteiger partial charge in [0.25, 0.3) is 0 Å². The molecule has 0 aromatic rings. The number of allylic oxidation sites excluding steroid dienone is 4. The summed E-state index contributed by atoms with van der Waals surface area (Å²) in [5, 5.41) is 3.23. The molecule has 2 aliphatic rings. The molecule has 0 radical (unpaired) electrons. The fourth-order valence-electron chi connectivity index (χ4n) is 4.42. The van der Waals surface area contributed by atoms with Crippen LogP contribution >= 0.6 is 11.6 Å². The van der Waals surface area contributed by atoms with Crippen molar-refractivity contribution >= 4 is 17.5 Å². The number of hydrogen-bond acceptors (Lipinski definition) is 2. The summed E-state index contributed by atoms with van der Waals surface area (Å²) < 4.78 is 28.9. The Morgan fingerprint density at radius 1 is 1.17 bits per heavy atom. The molecule has 6 heteroatoms. The molecule has 0 aromatic heterocycles. The number of carbonyl (C=O) groups excluding carboxylic acids is 1. The molecule has 2 fully saturated rings. The second kappa shape index (κ2) is 10.6. The van der Waals surface area contributed by atoms with Crippen LogP contribution < -0.4 is 5.32 Å². The zero-order valence-corrected chi connectivity index (χ0v) is 19.9. The van der Waals surface area contributed by atoms with Crippen molar-refractivity contribution in [2.75, 3.05) is 26.2 Å². The number of rotatable bonds is 8. The summed E-state index contributed by atoms with van der Waals surface area (Å²) in [7, 11) is 0. The van der Waals surface area contributed by atoms with Gasteiger partial charge in [-0.15, -0.1) is 0 Å². The summed E-state index contributed by atoms with van der Waals surface area (Å²) in [4.78, 5) is 15.4. The van der Waals surface area contributed by atoms with Crippen molar-refractivity contribution in [1.82, 2.24) is 10.2 Å². The van der Waals surface area contributed by atoms with Crippen molar-refractivity contribution in [3.05, 3.63) is 23.0 Å². The molecule has 0 unspecified atom stereocenters. The van der Waals surface area contributed by atoms with Gasteiger partial charge in [0, 0.05) is 18.1 Å². The Balaban J connectivity index is 1.89. The highest BCUT2D eigenvalue weighted by Crippen LogP contribution is 2.44. The molecule has 172 valence electrons. The predicted molar refractivity (Wildman–Crippen MR) is 121 cm³/mol. The first-order valence-corrected chi connectivity index (χ1v) is 11.7. The summed E-state index contributed by atoms with van der Waals surface area (Å²) in [6.45, 7) is 10.8. The Bertz CT molecular complexity index is 640. The Kier molecular flexibility index (Phi) is 8.93. The lowest BCUT2D eigenvalue weighted by atomic mass is 9.81. The molecule has 0 bridgehead atoms. The third kappa shape index (κ3) is 7.64. The number of amides is 1. The normalized spacial score (nSPS) is 22.9. The van der Waals surface area contributed by atoms with Crippen LogP contribution in [0.2, 0.25) is 0 Å². The van der Waals surface area contributed by atoms with Gasteiger partial charge in [-0.2, -0.15) is 0 Å². The van der Waals surface area contributed by atoms with E-state index in [0.29, 0.717) is 37.1 Å². The van der Waals surface area contributed by atoms with E-state index < -0.39 is 16.9 Å². The second-order valence-corrected chi connectivity index (χ2v) is 10.9. The largest absolute Gasteiger partial charge is 0.352 e. The van der Waals surface area contributed by atoms with Crippen LogP contribution in [-0.2, 0) is 4.79 Å². The minimum atomic E-state index is -1.36. The highest BCUT2D eigenvalue weighted by Gasteiger charge is 2.43. The van der Waals surface area contributed by atoms with Crippen LogP contribution in [0.1, 0.15) is 79.1 Å². The van der Waals surface area contributed by atoms with Crippen LogP contribution in [-0.4, -0.2) is 42.7 Å². The van der Waals surface area contributed by atoms with Crippen LogP contribution in [0.4, 0.5) is 8.78 Å². The van der Waals surface area contributed by atoms with E-state index in [2.05, 4.69) is 31.0 Å². The third-order valence-corrected chi connectivity index (χ3v) is 6.86. The van der Waals surface area contributed by atoms with Crippen LogP contribution in [0.15, 0.2) is 23.0 Å². The molecule has 1 N–H and O–H groups in total. The maximum atomic E-state index is 15.3. The fraction of sp³-hybridized carbons (Fsp3) is 0.792. The molecule has 0 spiro atoms. The van der Waals surface area contributed by atoms with Crippen LogP contribution in [0.5, 0.6) is 0 Å². The van der Waals surface area contributed by atoms with E-state index in [4.69, 9.17) is 11.6 Å². The number of halogens is 3. The van der Waals surface area contributed by atoms with E-state index in [9.17, 15) is 9.18 Å². The maximum absolute atomic E-state index is 15.3. The Hall–Kier alpha value is -0.940. The number of likely N-dealkylation sites (tertiary alicyclic amines) is 1. The molecule has 3 nitrogen and oxygen atoms in total. The van der Waals surface area contributed by atoms with E-state index >= 15 is 4.39 Å². The van der Waals surface area contributed by atoms with E-state index in [1.165, 1.54) is 12.2 Å². The first-order valence-electron chi connectivity index (χ1n) is 11.3. The minimum absolute atomic E-state index is 0.0469. The molecular formula is C24H39ClF2N2O. The highest BCUT2D eigenvalue weighted by molar-refractivity contribution is 6.29. The van der Waals surface area contributed by atoms with Crippen LogP contribution in [0.25, 0.3) is 0 Å². The van der Waals surface area contributed by atoms with E-state index in [0.717, 1.165) is 38.9 Å². The monoisotopic (exact) mass is 444 g/mol. The molecule has 0 aromatic carbocycles. The fourth-order valence-corrected chi connectivity index (χ4v) is 4.78. The zero-order valence-electron chi connectivity index (χ0n) is 19.1. The molecule has 1 saturated heterocycles. The Labute approximate surface area is 186 Å². The number of nitrogens with zero attached hydrogens (tertiary/aromatic N) is 1. The maximum Gasteiger partial charge on any atom is 0.226 e. The van der Waals surface area contributed by atoms with Gasteiger partial charge < -0.3 is 10.2 Å². The van der Waals surface area contributed by atoms with Crippen molar-refractivity contribution < 1.29 is 13.6 Å². The number of piperidine rings is 1. The Morgan fingerprint density at radius 2 is 1.77 bits per heavy atom. The van der Waals surface area contributed by atoms with Gasteiger partial charge >= 0.3 is 0 Å². The molecule has 2 rings (SSSR count). The molecule has 30 heavy (non-hydrogen) atoms. The average Bonchev–Trinajstić information content (AvgIpc) is 3.14. The zero-order chi connectivity index (χ0) is 22.4. The van der Waals surface area contributed by atoms with Gasteiger partial charge in [-0.05, 0) is 63.5 Å². The predicted octanol–water partition coefficient (Wildman–Crippen LogP) is 6.29. The lowest BCUT2D eigenvalue weighted by molar-refractivity contribution is -0.131. The van der Waals surface area contributed by atoms with Gasteiger partial charge in [-0.25, -0.2) is 8.78 Å². The SMILES string of the molecule is C/C=C(F)\C=C(\Cl)CC1(C(=O)NCC2(F)CCN(CCC(C)(C)C)CC2)CCCC1. The number of carbonyl (C=O) groups is 1. The van der Waals surface area contributed by atoms with E-state index in [1.807, 2.05) is 0 Å². The summed E-state index contributed by atoms with van der Waals surface area (Å²) in [6.07, 6.45) is 8.19. The van der Waals surface area contributed by atoms with Gasteiger partial charge in [0.15, 0.2) is 0 Å². The number of hydrogen-bond donors (Lipinski definition) is 1. The summed E-state index contributed by atoms with van der Waals surface area (Å²) in [5.41, 5.74) is -1.73. The van der Waals surface area contributed by atoms with E-state index in [1.54, 1.807) is 6.92 Å². The van der Waals surface area contributed by atoms with Gasteiger partial charge in [0.05, 0.1) is 12.0 Å². The molecule has 1 aliphatic carbocycles.